The number of nitrogens with zero attached hydrogens (tertiary/aromatic N) is 4. The molecule has 4 rings (SSSR count). The number of pyridine rings is 1. The Kier molecular flexibility index (Phi) is 3.74. The van der Waals surface area contributed by atoms with E-state index >= 15 is 0 Å². The summed E-state index contributed by atoms with van der Waals surface area (Å²) in [6.07, 6.45) is 0. The van der Waals surface area contributed by atoms with Crippen LogP contribution in [0.25, 0.3) is 16.6 Å². The van der Waals surface area contributed by atoms with Gasteiger partial charge in [0.15, 0.2) is 5.65 Å². The Bertz CT molecular complexity index is 954. The third-order valence-electron chi connectivity index (χ3n) is 4.48. The maximum Gasteiger partial charge on any atom is 0.352 e. The molecule has 24 heavy (non-hydrogen) atoms. The third-order valence-corrected chi connectivity index (χ3v) is 4.48. The Labute approximate surface area is 139 Å². The molecule has 3 aromatic rings. The van der Waals surface area contributed by atoms with Crippen LogP contribution in [0.3, 0.4) is 0 Å². The zero-order chi connectivity index (χ0) is 16.7. The summed E-state index contributed by atoms with van der Waals surface area (Å²) in [5, 5.41) is 5.55. The lowest BCUT2D eigenvalue weighted by Gasteiger charge is -2.25. The molecule has 0 atom stereocenters. The van der Waals surface area contributed by atoms with Gasteiger partial charge in [0.1, 0.15) is 5.75 Å². The monoisotopic (exact) mass is 328 g/mol. The van der Waals surface area contributed by atoms with Crippen LogP contribution in [0.2, 0.25) is 0 Å². The number of benzene rings is 1. The van der Waals surface area contributed by atoms with E-state index in [1.54, 1.807) is 11.5 Å². The second-order valence-corrected chi connectivity index (χ2v) is 6.07. The van der Waals surface area contributed by atoms with Gasteiger partial charge in [0.25, 0.3) is 0 Å². The van der Waals surface area contributed by atoms with E-state index in [1.165, 1.54) is 4.68 Å². The first-order valence-corrected chi connectivity index (χ1v) is 8.04. The largest absolute Gasteiger partial charge is 0.497 e. The van der Waals surface area contributed by atoms with Gasteiger partial charge in [-0.2, -0.15) is 4.68 Å². The number of hydrogen-bond acceptors (Lipinski definition) is 5. The van der Waals surface area contributed by atoms with Crippen LogP contribution in [0.4, 0.5) is 0 Å². The summed E-state index contributed by atoms with van der Waals surface area (Å²) < 4.78 is 13.9. The van der Waals surface area contributed by atoms with E-state index in [-0.39, 0.29) is 5.69 Å². The van der Waals surface area contributed by atoms with Crippen molar-refractivity contribution in [2.24, 2.45) is 0 Å². The molecule has 7 heteroatoms. The molecule has 0 unspecified atom stereocenters. The fourth-order valence-corrected chi connectivity index (χ4v) is 3.17. The smallest absolute Gasteiger partial charge is 0.352 e. The van der Waals surface area contributed by atoms with E-state index in [2.05, 4.69) is 16.1 Å². The van der Waals surface area contributed by atoms with Crippen LogP contribution in [0.1, 0.15) is 5.56 Å². The van der Waals surface area contributed by atoms with E-state index in [1.807, 2.05) is 25.1 Å². The average Bonchev–Trinajstić information content (AvgIpc) is 2.93. The Hall–Kier alpha value is -2.38. The predicted octanol–water partition coefficient (Wildman–Crippen LogP) is 1.26. The van der Waals surface area contributed by atoms with Crippen molar-refractivity contribution in [3.8, 4) is 5.75 Å². The van der Waals surface area contributed by atoms with Gasteiger partial charge in [0.2, 0.25) is 0 Å². The minimum atomic E-state index is -0.126. The Balaban J connectivity index is 1.88. The normalized spacial score (nSPS) is 16.1. The first-order chi connectivity index (χ1) is 11.7. The number of rotatable bonds is 3. The molecule has 1 aliphatic rings. The van der Waals surface area contributed by atoms with Crippen LogP contribution in [0.5, 0.6) is 5.75 Å². The van der Waals surface area contributed by atoms with Crippen molar-refractivity contribution in [2.45, 2.75) is 13.6 Å². The summed E-state index contributed by atoms with van der Waals surface area (Å²) in [4.78, 5) is 15.1. The predicted molar refractivity (Wildman–Crippen MR) is 90.6 cm³/mol. The van der Waals surface area contributed by atoms with E-state index < -0.39 is 0 Å². The van der Waals surface area contributed by atoms with Crippen LogP contribution in [-0.2, 0) is 11.4 Å². The Morgan fingerprint density at radius 1 is 1.25 bits per heavy atom. The molecular formula is C17H20N4O3. The highest BCUT2D eigenvalue weighted by molar-refractivity contribution is 5.84. The highest BCUT2D eigenvalue weighted by atomic mass is 16.5. The van der Waals surface area contributed by atoms with Crippen LogP contribution in [-0.4, -0.2) is 52.5 Å². The van der Waals surface area contributed by atoms with Crippen LogP contribution in [0.15, 0.2) is 29.1 Å². The standard InChI is InChI=1S/C17H20N4O3/c1-12-9-13-3-4-14(23-2)10-15(13)21-16(12)18-20(17(21)22)11-19-5-7-24-8-6-19/h3-4,9-10H,5-8,11H2,1-2H3. The van der Waals surface area contributed by atoms with E-state index in [9.17, 15) is 4.79 Å². The third kappa shape index (κ3) is 2.46. The van der Waals surface area contributed by atoms with Crippen molar-refractivity contribution in [1.82, 2.24) is 19.1 Å². The number of aryl methyl sites for hydroxylation is 1. The van der Waals surface area contributed by atoms with Crippen molar-refractivity contribution >= 4 is 16.6 Å². The maximum absolute atomic E-state index is 12.9. The fraction of sp³-hybridized carbons (Fsp3) is 0.412. The van der Waals surface area contributed by atoms with Gasteiger partial charge in [-0.15, -0.1) is 5.10 Å². The molecule has 0 amide bonds. The van der Waals surface area contributed by atoms with Gasteiger partial charge in [0, 0.05) is 19.2 Å². The molecule has 1 fully saturated rings. The minimum Gasteiger partial charge on any atom is -0.497 e. The Morgan fingerprint density at radius 3 is 2.79 bits per heavy atom. The van der Waals surface area contributed by atoms with Crippen LogP contribution < -0.4 is 10.4 Å². The summed E-state index contributed by atoms with van der Waals surface area (Å²) in [6, 6.07) is 7.79. The quantitative estimate of drug-likeness (QED) is 0.724. The molecule has 1 aromatic carbocycles. The minimum absolute atomic E-state index is 0.126. The van der Waals surface area contributed by atoms with E-state index in [0.29, 0.717) is 25.5 Å². The second-order valence-electron chi connectivity index (χ2n) is 6.07. The number of fused-ring (bicyclic) bond motifs is 3. The van der Waals surface area contributed by atoms with E-state index in [4.69, 9.17) is 9.47 Å². The molecule has 0 saturated carbocycles. The summed E-state index contributed by atoms with van der Waals surface area (Å²) in [5.74, 6) is 0.723. The molecule has 1 saturated heterocycles. The topological polar surface area (TPSA) is 61.0 Å². The van der Waals surface area contributed by atoms with Gasteiger partial charge < -0.3 is 9.47 Å². The molecule has 0 radical (unpaired) electrons. The highest BCUT2D eigenvalue weighted by Gasteiger charge is 2.17. The van der Waals surface area contributed by atoms with Crippen molar-refractivity contribution < 1.29 is 9.47 Å². The van der Waals surface area contributed by atoms with Crippen molar-refractivity contribution in [2.75, 3.05) is 33.4 Å². The number of ether oxygens (including phenoxy) is 2. The highest BCUT2D eigenvalue weighted by Crippen LogP contribution is 2.23. The van der Waals surface area contributed by atoms with Gasteiger partial charge >= 0.3 is 5.69 Å². The lowest BCUT2D eigenvalue weighted by atomic mass is 10.1. The summed E-state index contributed by atoms with van der Waals surface area (Å²) in [7, 11) is 1.62. The lowest BCUT2D eigenvalue weighted by Crippen LogP contribution is -2.40. The van der Waals surface area contributed by atoms with Crippen LogP contribution >= 0.6 is 0 Å². The van der Waals surface area contributed by atoms with Crippen molar-refractivity contribution in [1.29, 1.82) is 0 Å². The molecule has 1 aliphatic heterocycles. The number of morpholine rings is 1. The first-order valence-electron chi connectivity index (χ1n) is 8.04. The SMILES string of the molecule is COc1ccc2cc(C)c3nn(CN4CCOCC4)c(=O)n3c2c1. The lowest BCUT2D eigenvalue weighted by molar-refractivity contribution is 0.0207. The summed E-state index contributed by atoms with van der Waals surface area (Å²) in [6.45, 7) is 5.48. The molecule has 0 spiro atoms. The zero-order valence-corrected chi connectivity index (χ0v) is 13.9. The van der Waals surface area contributed by atoms with Crippen LogP contribution in [0, 0.1) is 6.92 Å². The molecule has 0 N–H and O–H groups in total. The number of methoxy groups -OCH3 is 1. The maximum atomic E-state index is 12.9. The molecule has 2 aromatic heterocycles. The molecule has 0 bridgehead atoms. The van der Waals surface area contributed by atoms with Crippen molar-refractivity contribution in [3.63, 3.8) is 0 Å². The van der Waals surface area contributed by atoms with Gasteiger partial charge in [-0.3, -0.25) is 4.90 Å². The average molecular weight is 328 g/mol. The van der Waals surface area contributed by atoms with Gasteiger partial charge in [-0.25, -0.2) is 9.20 Å². The molecule has 126 valence electrons. The molecular weight excluding hydrogens is 308 g/mol. The summed E-state index contributed by atoms with van der Waals surface area (Å²) >= 11 is 0. The fourth-order valence-electron chi connectivity index (χ4n) is 3.17. The zero-order valence-electron chi connectivity index (χ0n) is 13.9. The first kappa shape index (κ1) is 15.2. The van der Waals surface area contributed by atoms with Gasteiger partial charge in [0.05, 0.1) is 32.5 Å². The molecule has 0 aliphatic carbocycles. The second kappa shape index (κ2) is 5.92. The van der Waals surface area contributed by atoms with Gasteiger partial charge in [-0.1, -0.05) is 0 Å². The van der Waals surface area contributed by atoms with Gasteiger partial charge in [-0.05, 0) is 36.1 Å². The summed E-state index contributed by atoms with van der Waals surface area (Å²) in [5.41, 5.74) is 2.35. The van der Waals surface area contributed by atoms with Crippen molar-refractivity contribution in [3.05, 3.63) is 40.3 Å². The van der Waals surface area contributed by atoms with E-state index in [0.717, 1.165) is 35.3 Å². The molecule has 7 nitrogen and oxygen atoms in total. The Morgan fingerprint density at radius 2 is 2.04 bits per heavy atom. The number of aromatic nitrogens is 3. The molecule has 3 heterocycles. The number of hydrogen-bond donors (Lipinski definition) is 0.